The van der Waals surface area contributed by atoms with Gasteiger partial charge in [-0.25, -0.2) is 14.2 Å². The summed E-state index contributed by atoms with van der Waals surface area (Å²) in [6, 6.07) is 7.90. The van der Waals surface area contributed by atoms with Gasteiger partial charge in [-0.05, 0) is 37.5 Å². The third kappa shape index (κ3) is 6.07. The van der Waals surface area contributed by atoms with Crippen LogP contribution in [0.4, 0.5) is 28.2 Å². The van der Waals surface area contributed by atoms with Crippen LogP contribution in [0.1, 0.15) is 24.8 Å². The van der Waals surface area contributed by atoms with Gasteiger partial charge in [0.05, 0.1) is 6.04 Å². The number of benzene rings is 1. The van der Waals surface area contributed by atoms with Crippen LogP contribution in [0.3, 0.4) is 0 Å². The number of rotatable bonds is 7. The molecule has 1 aromatic heterocycles. The van der Waals surface area contributed by atoms with Crippen molar-refractivity contribution in [3.05, 3.63) is 54.0 Å². The summed E-state index contributed by atoms with van der Waals surface area (Å²) in [5.74, 6) is -0.829. The molecule has 1 aromatic carbocycles. The maximum atomic E-state index is 14.3. The minimum absolute atomic E-state index is 0.0164. The molecule has 2 heterocycles. The van der Waals surface area contributed by atoms with Gasteiger partial charge in [-0.1, -0.05) is 12.1 Å². The van der Waals surface area contributed by atoms with Crippen molar-refractivity contribution in [1.82, 2.24) is 15.2 Å². The molecule has 184 valence electrons. The first-order chi connectivity index (χ1) is 16.2. The Balaban J connectivity index is 1.43. The van der Waals surface area contributed by atoms with E-state index in [1.54, 1.807) is 11.1 Å². The number of aliphatic hydroxyl groups is 1. The van der Waals surface area contributed by atoms with Crippen LogP contribution in [-0.4, -0.2) is 59.2 Å². The highest BCUT2D eigenvalue weighted by Crippen LogP contribution is 2.34. The summed E-state index contributed by atoms with van der Waals surface area (Å²) in [5, 5.41) is 12.5. The SMILES string of the molecule is O=C(NCc1ccc(OC(F)(F)F)cc1F)N(C1CC1)[C@@H]1C[C@H](CO)CN(c2ccccn2)C1. The van der Waals surface area contributed by atoms with E-state index in [1.807, 2.05) is 18.2 Å². The zero-order chi connectivity index (χ0) is 24.3. The lowest BCUT2D eigenvalue weighted by Crippen LogP contribution is -2.56. The van der Waals surface area contributed by atoms with Crippen molar-refractivity contribution in [2.24, 2.45) is 5.92 Å². The summed E-state index contributed by atoms with van der Waals surface area (Å²) < 4.78 is 55.0. The minimum Gasteiger partial charge on any atom is -0.406 e. The summed E-state index contributed by atoms with van der Waals surface area (Å²) in [7, 11) is 0. The number of urea groups is 1. The van der Waals surface area contributed by atoms with Gasteiger partial charge >= 0.3 is 12.4 Å². The van der Waals surface area contributed by atoms with Crippen molar-refractivity contribution in [2.45, 2.75) is 44.3 Å². The lowest BCUT2D eigenvalue weighted by molar-refractivity contribution is -0.274. The van der Waals surface area contributed by atoms with Crippen LogP contribution in [0.5, 0.6) is 5.75 Å². The molecule has 2 aliphatic rings. The molecular formula is C23H26F4N4O3. The Morgan fingerprint density at radius 3 is 2.62 bits per heavy atom. The van der Waals surface area contributed by atoms with Gasteiger partial charge in [0.1, 0.15) is 17.4 Å². The molecule has 0 radical (unpaired) electrons. The van der Waals surface area contributed by atoms with Crippen molar-refractivity contribution in [3.63, 3.8) is 0 Å². The van der Waals surface area contributed by atoms with Gasteiger partial charge in [0, 0.05) is 56.0 Å². The summed E-state index contributed by atoms with van der Waals surface area (Å²) in [5.41, 5.74) is 0.0469. The van der Waals surface area contributed by atoms with Crippen LogP contribution < -0.4 is 15.0 Å². The van der Waals surface area contributed by atoms with Crippen molar-refractivity contribution in [2.75, 3.05) is 24.6 Å². The molecule has 0 spiro atoms. The number of hydrogen-bond acceptors (Lipinski definition) is 5. The molecule has 0 unspecified atom stereocenters. The van der Waals surface area contributed by atoms with Gasteiger partial charge in [0.25, 0.3) is 0 Å². The minimum atomic E-state index is -4.91. The molecule has 34 heavy (non-hydrogen) atoms. The van der Waals surface area contributed by atoms with Gasteiger partial charge < -0.3 is 25.0 Å². The number of carbonyl (C=O) groups is 1. The van der Waals surface area contributed by atoms with Gasteiger partial charge in [-0.2, -0.15) is 0 Å². The van der Waals surface area contributed by atoms with Crippen molar-refractivity contribution >= 4 is 11.8 Å². The predicted octanol–water partition coefficient (Wildman–Crippen LogP) is 3.68. The van der Waals surface area contributed by atoms with E-state index in [-0.39, 0.29) is 42.7 Å². The number of hydrogen-bond donors (Lipinski definition) is 2. The zero-order valence-electron chi connectivity index (χ0n) is 18.3. The molecule has 1 saturated carbocycles. The topological polar surface area (TPSA) is 77.9 Å². The molecule has 2 aromatic rings. The van der Waals surface area contributed by atoms with Gasteiger partial charge in [-0.3, -0.25) is 0 Å². The average Bonchev–Trinajstić information content (AvgIpc) is 3.63. The van der Waals surface area contributed by atoms with Gasteiger partial charge in [0.15, 0.2) is 0 Å². The molecule has 2 fully saturated rings. The standard InChI is InChI=1S/C23H26F4N4O3/c24-20-10-19(34-23(25,26)27)7-4-16(20)11-29-22(33)31(17-5-6-17)18-9-15(14-32)12-30(13-18)21-3-1-2-8-28-21/h1-4,7-8,10,15,17-18,32H,5-6,9,11-14H2,(H,29,33)/t15-,18+/m0/s1. The Morgan fingerprint density at radius 2 is 2.00 bits per heavy atom. The van der Waals surface area contributed by atoms with E-state index in [0.29, 0.717) is 25.6 Å². The van der Waals surface area contributed by atoms with E-state index in [1.165, 1.54) is 0 Å². The van der Waals surface area contributed by atoms with Crippen molar-refractivity contribution < 1.29 is 32.2 Å². The van der Waals surface area contributed by atoms with Crippen LogP contribution in [-0.2, 0) is 6.54 Å². The molecule has 0 bridgehead atoms. The first kappa shape index (κ1) is 24.1. The van der Waals surface area contributed by atoms with Gasteiger partial charge in [-0.15, -0.1) is 13.2 Å². The number of ether oxygens (including phenoxy) is 1. The monoisotopic (exact) mass is 482 g/mol. The maximum absolute atomic E-state index is 14.3. The first-order valence-corrected chi connectivity index (χ1v) is 11.1. The first-order valence-electron chi connectivity index (χ1n) is 11.1. The maximum Gasteiger partial charge on any atom is 0.573 e. The molecule has 4 rings (SSSR count). The van der Waals surface area contributed by atoms with Crippen LogP contribution >= 0.6 is 0 Å². The Morgan fingerprint density at radius 1 is 1.21 bits per heavy atom. The predicted molar refractivity (Wildman–Crippen MR) is 116 cm³/mol. The van der Waals surface area contributed by atoms with Crippen LogP contribution in [0, 0.1) is 11.7 Å². The smallest absolute Gasteiger partial charge is 0.406 e. The number of aliphatic hydroxyl groups excluding tert-OH is 1. The van der Waals surface area contributed by atoms with E-state index >= 15 is 0 Å². The highest BCUT2D eigenvalue weighted by atomic mass is 19.4. The Hall–Kier alpha value is -3.08. The molecule has 2 amide bonds. The Labute approximate surface area is 194 Å². The van der Waals surface area contributed by atoms with E-state index in [4.69, 9.17) is 0 Å². The van der Waals surface area contributed by atoms with Crippen molar-refractivity contribution in [3.8, 4) is 5.75 Å². The molecule has 1 saturated heterocycles. The fourth-order valence-corrected chi connectivity index (χ4v) is 4.35. The fraction of sp³-hybridized carbons (Fsp3) is 0.478. The zero-order valence-corrected chi connectivity index (χ0v) is 18.3. The van der Waals surface area contributed by atoms with E-state index in [2.05, 4.69) is 19.9 Å². The number of carbonyl (C=O) groups excluding carboxylic acids is 1. The third-order valence-corrected chi connectivity index (χ3v) is 6.00. The summed E-state index contributed by atoms with van der Waals surface area (Å²) in [6.07, 6.45) is -0.883. The molecule has 1 aliphatic heterocycles. The molecule has 1 aliphatic carbocycles. The number of halogens is 4. The Bertz CT molecular complexity index is 988. The molecule has 7 nitrogen and oxygen atoms in total. The Kier molecular flexibility index (Phi) is 7.11. The van der Waals surface area contributed by atoms with Crippen LogP contribution in [0.25, 0.3) is 0 Å². The van der Waals surface area contributed by atoms with Crippen LogP contribution in [0.15, 0.2) is 42.6 Å². The second-order valence-electron chi connectivity index (χ2n) is 8.63. The van der Waals surface area contributed by atoms with Gasteiger partial charge in [0.2, 0.25) is 0 Å². The fourth-order valence-electron chi connectivity index (χ4n) is 4.35. The summed E-state index contributed by atoms with van der Waals surface area (Å²) >= 11 is 0. The largest absolute Gasteiger partial charge is 0.573 e. The lowest BCUT2D eigenvalue weighted by atomic mass is 9.93. The number of alkyl halides is 3. The second-order valence-corrected chi connectivity index (χ2v) is 8.63. The second kappa shape index (κ2) is 10.0. The number of anilines is 1. The number of nitrogens with zero attached hydrogens (tertiary/aromatic N) is 3. The molecule has 2 atom stereocenters. The number of pyridine rings is 1. The molecule has 11 heteroatoms. The lowest BCUT2D eigenvalue weighted by Gasteiger charge is -2.43. The van der Waals surface area contributed by atoms with Crippen molar-refractivity contribution in [1.29, 1.82) is 0 Å². The number of nitrogens with one attached hydrogen (secondary N) is 1. The number of aromatic nitrogens is 1. The van der Waals surface area contributed by atoms with E-state index < -0.39 is 17.9 Å². The highest BCUT2D eigenvalue weighted by molar-refractivity contribution is 5.75. The van der Waals surface area contributed by atoms with E-state index in [0.717, 1.165) is 30.8 Å². The molecule has 2 N–H and O–H groups in total. The summed E-state index contributed by atoms with van der Waals surface area (Å²) in [4.78, 5) is 21.3. The quantitative estimate of drug-likeness (QED) is 0.589. The normalized spacial score (nSPS) is 20.7. The number of piperidine rings is 1. The highest BCUT2D eigenvalue weighted by Gasteiger charge is 2.41. The van der Waals surface area contributed by atoms with Crippen LogP contribution in [0.2, 0.25) is 0 Å². The third-order valence-electron chi connectivity index (χ3n) is 6.00. The molecular weight excluding hydrogens is 456 g/mol. The summed E-state index contributed by atoms with van der Waals surface area (Å²) in [6.45, 7) is 0.981. The number of amides is 2. The average molecular weight is 482 g/mol. The van der Waals surface area contributed by atoms with E-state index in [9.17, 15) is 27.5 Å².